The van der Waals surface area contributed by atoms with Gasteiger partial charge in [0.15, 0.2) is 0 Å². The van der Waals surface area contributed by atoms with E-state index in [1.54, 1.807) is 0 Å². The van der Waals surface area contributed by atoms with Gasteiger partial charge in [0.1, 0.15) is 0 Å². The number of nitrogens with two attached hydrogens (primary N) is 1. The summed E-state index contributed by atoms with van der Waals surface area (Å²) in [5.41, 5.74) is 6.11. The molecule has 1 saturated heterocycles. The molecule has 0 aromatic heterocycles. The van der Waals surface area contributed by atoms with E-state index in [0.29, 0.717) is 0 Å². The molecule has 1 heterocycles. The van der Waals surface area contributed by atoms with Gasteiger partial charge in [0.2, 0.25) is 0 Å². The van der Waals surface area contributed by atoms with Crippen molar-refractivity contribution in [2.24, 2.45) is 11.1 Å². The summed E-state index contributed by atoms with van der Waals surface area (Å²) in [6.45, 7) is 4.82. The monoisotopic (exact) mass is 242 g/mol. The number of morpholine rings is 1. The zero-order valence-corrected chi connectivity index (χ0v) is 10.7. The lowest BCUT2D eigenvalue weighted by atomic mass is 9.73. The maximum absolute atomic E-state index is 5.99. The number of rotatable bonds is 3. The number of thiocarbonyl (C=S) groups is 1. The number of hydrogen-bond donors (Lipinski definition) is 1. The summed E-state index contributed by atoms with van der Waals surface area (Å²) in [6, 6.07) is 0. The Kier molecular flexibility index (Phi) is 4.16. The summed E-state index contributed by atoms with van der Waals surface area (Å²) >= 11 is 5.32. The van der Waals surface area contributed by atoms with Crippen molar-refractivity contribution in [3.63, 3.8) is 0 Å². The molecule has 1 aliphatic carbocycles. The quantitative estimate of drug-likeness (QED) is 0.762. The Bertz CT molecular complexity index is 245. The Hall–Kier alpha value is -0.190. The van der Waals surface area contributed by atoms with Gasteiger partial charge in [0.05, 0.1) is 18.2 Å². The van der Waals surface area contributed by atoms with Gasteiger partial charge in [-0.2, -0.15) is 0 Å². The van der Waals surface area contributed by atoms with Crippen molar-refractivity contribution < 1.29 is 4.74 Å². The molecule has 2 aliphatic rings. The van der Waals surface area contributed by atoms with Crippen molar-refractivity contribution in [2.45, 2.75) is 32.1 Å². The van der Waals surface area contributed by atoms with Gasteiger partial charge in [0, 0.05) is 25.0 Å². The molecule has 2 rings (SSSR count). The average Bonchev–Trinajstić information content (AvgIpc) is 2.31. The normalized spacial score (nSPS) is 26.5. The molecule has 0 unspecified atom stereocenters. The largest absolute Gasteiger partial charge is 0.393 e. The fourth-order valence-corrected chi connectivity index (χ4v) is 3.17. The summed E-state index contributed by atoms with van der Waals surface area (Å²) < 4.78 is 5.38. The third-order valence-electron chi connectivity index (χ3n) is 3.96. The third-order valence-corrected chi connectivity index (χ3v) is 4.40. The molecule has 0 radical (unpaired) electrons. The SMILES string of the molecule is NC(=S)C1(CN2CCOCC2)CCCCC1. The predicted molar refractivity (Wildman–Crippen MR) is 69.6 cm³/mol. The van der Waals surface area contributed by atoms with Gasteiger partial charge in [-0.15, -0.1) is 0 Å². The Labute approximate surface area is 103 Å². The van der Waals surface area contributed by atoms with Gasteiger partial charge >= 0.3 is 0 Å². The molecule has 0 amide bonds. The smallest absolute Gasteiger partial charge is 0.0802 e. The minimum absolute atomic E-state index is 0.116. The molecule has 4 heteroatoms. The zero-order chi connectivity index (χ0) is 11.4. The molecule has 2 fully saturated rings. The fraction of sp³-hybridized carbons (Fsp3) is 0.917. The summed E-state index contributed by atoms with van der Waals surface area (Å²) in [5, 5.41) is 0. The Morgan fingerprint density at radius 3 is 2.38 bits per heavy atom. The van der Waals surface area contributed by atoms with E-state index in [1.807, 2.05) is 0 Å². The van der Waals surface area contributed by atoms with E-state index in [2.05, 4.69) is 4.90 Å². The first-order valence-electron chi connectivity index (χ1n) is 6.33. The highest BCUT2D eigenvalue weighted by Crippen LogP contribution is 2.37. The molecular weight excluding hydrogens is 220 g/mol. The van der Waals surface area contributed by atoms with Crippen molar-refractivity contribution in [3.8, 4) is 0 Å². The molecule has 3 nitrogen and oxygen atoms in total. The van der Waals surface area contributed by atoms with Crippen molar-refractivity contribution in [1.82, 2.24) is 4.90 Å². The lowest BCUT2D eigenvalue weighted by molar-refractivity contribution is 0.0208. The van der Waals surface area contributed by atoms with Gasteiger partial charge in [-0.1, -0.05) is 31.5 Å². The minimum atomic E-state index is 0.116. The molecule has 0 aromatic rings. The molecular formula is C12H22N2OS. The highest BCUT2D eigenvalue weighted by atomic mass is 32.1. The Morgan fingerprint density at radius 2 is 1.81 bits per heavy atom. The molecule has 0 aromatic carbocycles. The van der Waals surface area contributed by atoms with E-state index in [-0.39, 0.29) is 5.41 Å². The molecule has 16 heavy (non-hydrogen) atoms. The highest BCUT2D eigenvalue weighted by molar-refractivity contribution is 7.80. The second-order valence-corrected chi connectivity index (χ2v) is 5.53. The number of nitrogens with zero attached hydrogens (tertiary/aromatic N) is 1. The summed E-state index contributed by atoms with van der Waals surface area (Å²) in [6.07, 6.45) is 6.26. The maximum atomic E-state index is 5.99. The van der Waals surface area contributed by atoms with Gasteiger partial charge in [-0.3, -0.25) is 4.90 Å². The molecule has 0 atom stereocenters. The van der Waals surface area contributed by atoms with Crippen LogP contribution in [-0.4, -0.2) is 42.7 Å². The fourth-order valence-electron chi connectivity index (χ4n) is 2.90. The van der Waals surface area contributed by atoms with Crippen LogP contribution in [-0.2, 0) is 4.74 Å². The number of ether oxygens (including phenoxy) is 1. The standard InChI is InChI=1S/C12H22N2OS/c13-11(16)12(4-2-1-3-5-12)10-14-6-8-15-9-7-14/h1-10H2,(H2,13,16). The van der Waals surface area contributed by atoms with E-state index in [1.165, 1.54) is 32.1 Å². The van der Waals surface area contributed by atoms with Gasteiger partial charge in [0.25, 0.3) is 0 Å². The molecule has 0 spiro atoms. The molecule has 92 valence electrons. The second-order valence-electron chi connectivity index (χ2n) is 5.09. The van der Waals surface area contributed by atoms with Crippen LogP contribution < -0.4 is 5.73 Å². The van der Waals surface area contributed by atoms with Crippen molar-refractivity contribution in [1.29, 1.82) is 0 Å². The zero-order valence-electron chi connectivity index (χ0n) is 9.91. The van der Waals surface area contributed by atoms with Crippen LogP contribution in [0.1, 0.15) is 32.1 Å². The van der Waals surface area contributed by atoms with Gasteiger partial charge in [-0.05, 0) is 12.8 Å². The van der Waals surface area contributed by atoms with Crippen LogP contribution in [0.5, 0.6) is 0 Å². The second kappa shape index (κ2) is 5.43. The third kappa shape index (κ3) is 2.73. The summed E-state index contributed by atoms with van der Waals surface area (Å²) in [7, 11) is 0. The van der Waals surface area contributed by atoms with E-state index < -0.39 is 0 Å². The van der Waals surface area contributed by atoms with E-state index in [0.717, 1.165) is 37.8 Å². The van der Waals surface area contributed by atoms with Crippen LogP contribution in [0.25, 0.3) is 0 Å². The predicted octanol–water partition coefficient (Wildman–Crippen LogP) is 1.56. The maximum Gasteiger partial charge on any atom is 0.0802 e. The Balaban J connectivity index is 1.98. The van der Waals surface area contributed by atoms with Crippen LogP contribution in [0, 0.1) is 5.41 Å². The van der Waals surface area contributed by atoms with Crippen molar-refractivity contribution in [3.05, 3.63) is 0 Å². The van der Waals surface area contributed by atoms with Crippen molar-refractivity contribution in [2.75, 3.05) is 32.8 Å². The first-order valence-corrected chi connectivity index (χ1v) is 6.74. The highest BCUT2D eigenvalue weighted by Gasteiger charge is 2.36. The lowest BCUT2D eigenvalue weighted by Crippen LogP contribution is -2.49. The number of hydrogen-bond acceptors (Lipinski definition) is 3. The van der Waals surface area contributed by atoms with Crippen LogP contribution in [0.3, 0.4) is 0 Å². The first-order chi connectivity index (χ1) is 7.73. The molecule has 0 bridgehead atoms. The molecule has 1 saturated carbocycles. The van der Waals surface area contributed by atoms with E-state index in [4.69, 9.17) is 22.7 Å². The molecule has 2 N–H and O–H groups in total. The van der Waals surface area contributed by atoms with Crippen LogP contribution in [0.2, 0.25) is 0 Å². The van der Waals surface area contributed by atoms with Crippen LogP contribution >= 0.6 is 12.2 Å². The van der Waals surface area contributed by atoms with Crippen molar-refractivity contribution >= 4 is 17.2 Å². The van der Waals surface area contributed by atoms with Crippen LogP contribution in [0.4, 0.5) is 0 Å². The minimum Gasteiger partial charge on any atom is -0.393 e. The average molecular weight is 242 g/mol. The first kappa shape index (κ1) is 12.3. The van der Waals surface area contributed by atoms with Gasteiger partial charge in [-0.25, -0.2) is 0 Å². The summed E-state index contributed by atoms with van der Waals surface area (Å²) in [5.74, 6) is 0. The van der Waals surface area contributed by atoms with E-state index in [9.17, 15) is 0 Å². The van der Waals surface area contributed by atoms with E-state index >= 15 is 0 Å². The lowest BCUT2D eigenvalue weighted by Gasteiger charge is -2.41. The van der Waals surface area contributed by atoms with Gasteiger partial charge < -0.3 is 10.5 Å². The summed E-state index contributed by atoms with van der Waals surface area (Å²) in [4.78, 5) is 3.20. The molecule has 1 aliphatic heterocycles. The topological polar surface area (TPSA) is 38.5 Å². The Morgan fingerprint density at radius 1 is 1.19 bits per heavy atom. The van der Waals surface area contributed by atoms with Crippen LogP contribution in [0.15, 0.2) is 0 Å².